The SMILES string of the molecule is O=C(COc1ccccc1[N+](=O)[O-])OCCN1CCN(CCCN2c3ccccc3Sc3ccc(C(F)(F)F)cc32)CC1. The molecule has 0 aromatic heterocycles. The maximum Gasteiger partial charge on any atom is 0.416 e. The highest BCUT2D eigenvalue weighted by atomic mass is 32.2. The van der Waals surface area contributed by atoms with Crippen LogP contribution in [0.25, 0.3) is 0 Å². The van der Waals surface area contributed by atoms with Gasteiger partial charge >= 0.3 is 17.8 Å². The average molecular weight is 617 g/mol. The number of nitro groups is 1. The number of piperazine rings is 1. The van der Waals surface area contributed by atoms with Crippen molar-refractivity contribution in [3.05, 3.63) is 82.4 Å². The number of nitro benzene ring substituents is 1. The first-order valence-corrected chi connectivity index (χ1v) is 14.7. The molecule has 0 N–H and O–H groups in total. The minimum atomic E-state index is -4.40. The minimum Gasteiger partial charge on any atom is -0.475 e. The highest BCUT2D eigenvalue weighted by molar-refractivity contribution is 7.99. The normalized spacial score (nSPS) is 15.5. The third kappa shape index (κ3) is 7.78. The molecule has 0 bridgehead atoms. The third-order valence-corrected chi connectivity index (χ3v) is 8.48. The first kappa shape index (κ1) is 30.6. The second kappa shape index (κ2) is 13.7. The zero-order chi connectivity index (χ0) is 30.4. The molecule has 9 nitrogen and oxygen atoms in total. The molecule has 43 heavy (non-hydrogen) atoms. The standard InChI is InChI=1S/C30H31F3N4O5S/c31-30(32,33)22-10-11-28-25(20-22)36(24-7-2-4-9-27(24)43-28)13-5-12-34-14-16-35(17-15-34)18-19-41-29(38)21-42-26-8-3-1-6-23(26)37(39)40/h1-4,6-11,20H,5,12-19,21H2. The summed E-state index contributed by atoms with van der Waals surface area (Å²) in [5.74, 6) is -0.586. The lowest BCUT2D eigenvalue weighted by molar-refractivity contribution is -0.385. The topological polar surface area (TPSA) is 88.4 Å². The molecule has 2 aliphatic rings. The molecule has 5 rings (SSSR count). The number of fused-ring (bicyclic) bond motifs is 2. The van der Waals surface area contributed by atoms with Crippen LogP contribution in [0.15, 0.2) is 76.5 Å². The Morgan fingerprint density at radius 3 is 2.30 bits per heavy atom. The first-order chi connectivity index (χ1) is 20.7. The number of rotatable bonds is 11. The molecule has 0 saturated carbocycles. The van der Waals surface area contributed by atoms with Gasteiger partial charge in [-0.15, -0.1) is 0 Å². The Hall–Kier alpha value is -3.81. The molecule has 0 spiro atoms. The van der Waals surface area contributed by atoms with Crippen molar-refractivity contribution in [2.75, 3.05) is 63.9 Å². The molecule has 228 valence electrons. The van der Waals surface area contributed by atoms with E-state index in [2.05, 4.69) is 9.80 Å². The van der Waals surface area contributed by atoms with E-state index in [-0.39, 0.29) is 18.0 Å². The fourth-order valence-corrected chi connectivity index (χ4v) is 6.21. The Labute approximate surface area is 251 Å². The van der Waals surface area contributed by atoms with E-state index in [0.29, 0.717) is 18.8 Å². The van der Waals surface area contributed by atoms with E-state index >= 15 is 0 Å². The number of carbonyl (C=O) groups is 1. The summed E-state index contributed by atoms with van der Waals surface area (Å²) in [6.07, 6.45) is -3.62. The molecule has 2 heterocycles. The molecule has 0 aliphatic carbocycles. The van der Waals surface area contributed by atoms with Crippen LogP contribution in [-0.2, 0) is 15.7 Å². The van der Waals surface area contributed by atoms with E-state index in [4.69, 9.17) is 9.47 Å². The number of halogens is 3. The monoisotopic (exact) mass is 616 g/mol. The van der Waals surface area contributed by atoms with Gasteiger partial charge < -0.3 is 19.3 Å². The van der Waals surface area contributed by atoms with Crippen molar-refractivity contribution in [2.45, 2.75) is 22.4 Å². The third-order valence-electron chi connectivity index (χ3n) is 7.35. The number of alkyl halides is 3. The van der Waals surface area contributed by atoms with E-state index in [0.717, 1.165) is 60.7 Å². The van der Waals surface area contributed by atoms with E-state index < -0.39 is 29.2 Å². The van der Waals surface area contributed by atoms with Gasteiger partial charge in [-0.1, -0.05) is 36.0 Å². The predicted molar refractivity (Wildman–Crippen MR) is 156 cm³/mol. The van der Waals surface area contributed by atoms with Gasteiger partial charge in [0.15, 0.2) is 12.4 Å². The molecule has 0 amide bonds. The maximum absolute atomic E-state index is 13.5. The number of para-hydroxylation sites is 3. The number of carbonyl (C=O) groups excluding carboxylic acids is 1. The number of hydrogen-bond acceptors (Lipinski definition) is 9. The second-order valence-electron chi connectivity index (χ2n) is 10.2. The first-order valence-electron chi connectivity index (χ1n) is 13.9. The number of ether oxygens (including phenoxy) is 2. The van der Waals surface area contributed by atoms with Crippen LogP contribution in [0.3, 0.4) is 0 Å². The van der Waals surface area contributed by atoms with Gasteiger partial charge in [0.1, 0.15) is 6.61 Å². The summed E-state index contributed by atoms with van der Waals surface area (Å²) in [5.41, 5.74) is 0.649. The van der Waals surface area contributed by atoms with E-state index in [9.17, 15) is 28.1 Å². The lowest BCUT2D eigenvalue weighted by Crippen LogP contribution is -2.47. The fraction of sp³-hybridized carbons (Fsp3) is 0.367. The summed E-state index contributed by atoms with van der Waals surface area (Å²) in [7, 11) is 0. The Balaban J connectivity index is 1.05. The van der Waals surface area contributed by atoms with Crippen molar-refractivity contribution in [3.8, 4) is 5.75 Å². The van der Waals surface area contributed by atoms with Gasteiger partial charge in [-0.25, -0.2) is 4.79 Å². The summed E-state index contributed by atoms with van der Waals surface area (Å²) >= 11 is 1.49. The molecule has 3 aromatic carbocycles. The zero-order valence-electron chi connectivity index (χ0n) is 23.3. The van der Waals surface area contributed by atoms with Crippen LogP contribution in [0.4, 0.5) is 30.2 Å². The van der Waals surface area contributed by atoms with Crippen molar-refractivity contribution in [1.29, 1.82) is 0 Å². The second-order valence-corrected chi connectivity index (χ2v) is 11.3. The molecule has 1 fully saturated rings. The van der Waals surface area contributed by atoms with Crippen LogP contribution in [0.2, 0.25) is 0 Å². The Bertz CT molecular complexity index is 1450. The zero-order valence-corrected chi connectivity index (χ0v) is 24.1. The lowest BCUT2D eigenvalue weighted by Gasteiger charge is -2.36. The van der Waals surface area contributed by atoms with Crippen LogP contribution in [-0.4, -0.2) is 79.7 Å². The molecule has 2 aliphatic heterocycles. The van der Waals surface area contributed by atoms with Crippen LogP contribution in [0.1, 0.15) is 12.0 Å². The highest BCUT2D eigenvalue weighted by Crippen LogP contribution is 2.49. The van der Waals surface area contributed by atoms with Crippen LogP contribution in [0, 0.1) is 10.1 Å². The highest BCUT2D eigenvalue weighted by Gasteiger charge is 2.33. The summed E-state index contributed by atoms with van der Waals surface area (Å²) in [4.78, 5) is 30.9. The minimum absolute atomic E-state index is 0.0132. The van der Waals surface area contributed by atoms with Gasteiger partial charge in [0, 0.05) is 55.1 Å². The van der Waals surface area contributed by atoms with Gasteiger partial charge in [0.25, 0.3) is 0 Å². The average Bonchev–Trinajstić information content (AvgIpc) is 3.00. The van der Waals surface area contributed by atoms with Crippen LogP contribution >= 0.6 is 11.8 Å². The molecule has 0 atom stereocenters. The van der Waals surface area contributed by atoms with Crippen molar-refractivity contribution in [3.63, 3.8) is 0 Å². The fourth-order valence-electron chi connectivity index (χ4n) is 5.13. The Morgan fingerprint density at radius 1 is 0.884 bits per heavy atom. The smallest absolute Gasteiger partial charge is 0.416 e. The molecule has 0 radical (unpaired) electrons. The van der Waals surface area contributed by atoms with Gasteiger partial charge in [0.05, 0.1) is 21.9 Å². The van der Waals surface area contributed by atoms with E-state index in [1.807, 2.05) is 29.2 Å². The van der Waals surface area contributed by atoms with Gasteiger partial charge in [-0.2, -0.15) is 13.2 Å². The summed E-state index contributed by atoms with van der Waals surface area (Å²) in [6.45, 7) is 4.99. The largest absolute Gasteiger partial charge is 0.475 e. The Kier molecular flexibility index (Phi) is 9.73. The number of esters is 1. The molecule has 1 saturated heterocycles. The van der Waals surface area contributed by atoms with Crippen molar-refractivity contribution < 1.29 is 32.4 Å². The summed E-state index contributed by atoms with van der Waals surface area (Å²) < 4.78 is 50.9. The van der Waals surface area contributed by atoms with Gasteiger partial charge in [0.2, 0.25) is 0 Å². The molecule has 3 aromatic rings. The number of hydrogen-bond donors (Lipinski definition) is 0. The van der Waals surface area contributed by atoms with Crippen LogP contribution in [0.5, 0.6) is 5.75 Å². The lowest BCUT2D eigenvalue weighted by atomic mass is 10.1. The molecular weight excluding hydrogens is 585 g/mol. The number of benzene rings is 3. The van der Waals surface area contributed by atoms with Crippen molar-refractivity contribution in [1.82, 2.24) is 9.80 Å². The maximum atomic E-state index is 13.5. The molecular formula is C30H31F3N4O5S. The van der Waals surface area contributed by atoms with Crippen molar-refractivity contribution in [2.24, 2.45) is 0 Å². The van der Waals surface area contributed by atoms with Gasteiger partial charge in [-0.05, 0) is 49.4 Å². The summed E-state index contributed by atoms with van der Waals surface area (Å²) in [6, 6.07) is 17.6. The quantitative estimate of drug-likeness (QED) is 0.150. The van der Waals surface area contributed by atoms with Crippen molar-refractivity contribution >= 4 is 34.8 Å². The number of anilines is 2. The summed E-state index contributed by atoms with van der Waals surface area (Å²) in [5, 5.41) is 11.1. The Morgan fingerprint density at radius 2 is 1.56 bits per heavy atom. The molecule has 13 heteroatoms. The predicted octanol–water partition coefficient (Wildman–Crippen LogP) is 5.85. The number of nitrogens with zero attached hydrogens (tertiary/aromatic N) is 4. The van der Waals surface area contributed by atoms with Gasteiger partial charge in [-0.3, -0.25) is 15.0 Å². The van der Waals surface area contributed by atoms with Crippen LogP contribution < -0.4 is 9.64 Å². The van der Waals surface area contributed by atoms with E-state index in [1.54, 1.807) is 12.1 Å². The van der Waals surface area contributed by atoms with E-state index in [1.165, 1.54) is 36.0 Å². The molecule has 0 unspecified atom stereocenters.